The average Bonchev–Trinajstić information content (AvgIpc) is 2.05. The van der Waals surface area contributed by atoms with Crippen LogP contribution in [0.2, 0.25) is 5.02 Å². The van der Waals surface area contributed by atoms with Gasteiger partial charge in [0.05, 0.1) is 5.02 Å². The standard InChI is InChI=1S/C9H8BrClF2/c1-5(10)4-6-8(12)3-2-7(11)9(6)13/h2-3,5H,4H2,1H3. The fourth-order valence-electron chi connectivity index (χ4n) is 1.04. The number of benzene rings is 1. The molecule has 0 spiro atoms. The summed E-state index contributed by atoms with van der Waals surface area (Å²) in [4.78, 5) is 0.0231. The predicted molar refractivity (Wildman–Crippen MR) is 53.5 cm³/mol. The molecule has 0 heterocycles. The van der Waals surface area contributed by atoms with Crippen molar-refractivity contribution in [3.05, 3.63) is 34.4 Å². The minimum Gasteiger partial charge on any atom is -0.207 e. The number of alkyl halides is 1. The van der Waals surface area contributed by atoms with E-state index in [2.05, 4.69) is 15.9 Å². The minimum absolute atomic E-state index is 0.0231. The Morgan fingerprint density at radius 1 is 1.46 bits per heavy atom. The minimum atomic E-state index is -0.659. The highest BCUT2D eigenvalue weighted by atomic mass is 79.9. The summed E-state index contributed by atoms with van der Waals surface area (Å²) < 4.78 is 26.3. The summed E-state index contributed by atoms with van der Waals surface area (Å²) in [5.41, 5.74) is 0.0388. The van der Waals surface area contributed by atoms with Crippen LogP contribution < -0.4 is 0 Å². The van der Waals surface area contributed by atoms with Gasteiger partial charge in [0.25, 0.3) is 0 Å². The zero-order chi connectivity index (χ0) is 10.0. The highest BCUT2D eigenvalue weighted by molar-refractivity contribution is 9.09. The van der Waals surface area contributed by atoms with E-state index >= 15 is 0 Å². The van der Waals surface area contributed by atoms with Crippen LogP contribution in [0.4, 0.5) is 8.78 Å². The lowest BCUT2D eigenvalue weighted by molar-refractivity contribution is 0.555. The quantitative estimate of drug-likeness (QED) is 0.563. The summed E-state index contributed by atoms with van der Waals surface area (Å²) in [6.45, 7) is 1.82. The van der Waals surface area contributed by atoms with Crippen molar-refractivity contribution in [2.75, 3.05) is 0 Å². The molecule has 0 saturated carbocycles. The molecule has 1 rings (SSSR count). The van der Waals surface area contributed by atoms with Crippen molar-refractivity contribution in [3.63, 3.8) is 0 Å². The Balaban J connectivity index is 3.10. The Hall–Kier alpha value is -0.150. The number of hydrogen-bond donors (Lipinski definition) is 0. The van der Waals surface area contributed by atoms with Crippen LogP contribution in [-0.2, 0) is 6.42 Å². The van der Waals surface area contributed by atoms with Gasteiger partial charge >= 0.3 is 0 Å². The average molecular weight is 270 g/mol. The van der Waals surface area contributed by atoms with Crippen LogP contribution in [0.25, 0.3) is 0 Å². The van der Waals surface area contributed by atoms with Crippen molar-refractivity contribution in [1.29, 1.82) is 0 Å². The normalized spacial score (nSPS) is 13.0. The Bertz CT molecular complexity index is 313. The van der Waals surface area contributed by atoms with Crippen molar-refractivity contribution in [2.45, 2.75) is 18.2 Å². The largest absolute Gasteiger partial charge is 0.207 e. The smallest absolute Gasteiger partial charge is 0.147 e. The fraction of sp³-hybridized carbons (Fsp3) is 0.333. The van der Waals surface area contributed by atoms with Crippen LogP contribution >= 0.6 is 27.5 Å². The Morgan fingerprint density at radius 3 is 2.62 bits per heavy atom. The van der Waals surface area contributed by atoms with Gasteiger partial charge in [-0.2, -0.15) is 0 Å². The molecule has 0 amide bonds. The molecule has 1 unspecified atom stereocenters. The van der Waals surface area contributed by atoms with Gasteiger partial charge < -0.3 is 0 Å². The maximum Gasteiger partial charge on any atom is 0.147 e. The second kappa shape index (κ2) is 4.38. The van der Waals surface area contributed by atoms with Crippen molar-refractivity contribution in [2.24, 2.45) is 0 Å². The molecule has 0 aliphatic carbocycles. The summed E-state index contributed by atoms with van der Waals surface area (Å²) in [6, 6.07) is 2.39. The number of rotatable bonds is 2. The molecular weight excluding hydrogens is 261 g/mol. The first-order valence-corrected chi connectivity index (χ1v) is 5.08. The van der Waals surface area contributed by atoms with Crippen LogP contribution in [0.1, 0.15) is 12.5 Å². The molecule has 1 atom stereocenters. The summed E-state index contributed by atoms with van der Waals surface area (Å²) in [5.74, 6) is -1.21. The third kappa shape index (κ3) is 2.64. The summed E-state index contributed by atoms with van der Waals surface area (Å²) in [5, 5.41) is -0.0375. The van der Waals surface area contributed by atoms with E-state index in [-0.39, 0.29) is 21.8 Å². The SMILES string of the molecule is CC(Br)Cc1c(F)ccc(Cl)c1F. The van der Waals surface area contributed by atoms with E-state index < -0.39 is 11.6 Å². The third-order valence-corrected chi connectivity index (χ3v) is 2.24. The molecule has 0 aliphatic heterocycles. The lowest BCUT2D eigenvalue weighted by Crippen LogP contribution is -2.03. The van der Waals surface area contributed by atoms with Crippen molar-refractivity contribution >= 4 is 27.5 Å². The van der Waals surface area contributed by atoms with Gasteiger partial charge in [-0.15, -0.1) is 0 Å². The van der Waals surface area contributed by atoms with Gasteiger partial charge in [-0.3, -0.25) is 0 Å². The highest BCUT2D eigenvalue weighted by Gasteiger charge is 2.13. The second-order valence-electron chi connectivity index (χ2n) is 2.81. The Labute approximate surface area is 89.0 Å². The molecule has 13 heavy (non-hydrogen) atoms. The molecule has 0 fully saturated rings. The molecule has 4 heteroatoms. The number of hydrogen-bond acceptors (Lipinski definition) is 0. The van der Waals surface area contributed by atoms with Crippen LogP contribution in [0.15, 0.2) is 12.1 Å². The van der Waals surface area contributed by atoms with Gasteiger partial charge in [-0.05, 0) is 18.6 Å². The molecule has 1 aromatic carbocycles. The van der Waals surface area contributed by atoms with Crippen LogP contribution in [-0.4, -0.2) is 4.83 Å². The molecule has 0 saturated heterocycles. The van der Waals surface area contributed by atoms with Crippen LogP contribution in [0.3, 0.4) is 0 Å². The first-order chi connectivity index (χ1) is 6.02. The highest BCUT2D eigenvalue weighted by Crippen LogP contribution is 2.23. The topological polar surface area (TPSA) is 0 Å². The molecule has 0 nitrogen and oxygen atoms in total. The van der Waals surface area contributed by atoms with Crippen molar-refractivity contribution in [1.82, 2.24) is 0 Å². The fourth-order valence-corrected chi connectivity index (χ4v) is 1.54. The van der Waals surface area contributed by atoms with Crippen molar-refractivity contribution in [3.8, 4) is 0 Å². The maximum absolute atomic E-state index is 13.2. The first-order valence-electron chi connectivity index (χ1n) is 3.79. The van der Waals surface area contributed by atoms with E-state index in [4.69, 9.17) is 11.6 Å². The monoisotopic (exact) mass is 268 g/mol. The zero-order valence-electron chi connectivity index (χ0n) is 6.95. The van der Waals surface area contributed by atoms with Gasteiger partial charge in [-0.1, -0.05) is 34.5 Å². The van der Waals surface area contributed by atoms with E-state index in [9.17, 15) is 8.78 Å². The van der Waals surface area contributed by atoms with Gasteiger partial charge in [-0.25, -0.2) is 8.78 Å². The first kappa shape index (κ1) is 10.9. The van der Waals surface area contributed by atoms with E-state index in [1.807, 2.05) is 6.92 Å². The summed E-state index contributed by atoms with van der Waals surface area (Å²) in [6.07, 6.45) is 0.290. The zero-order valence-corrected chi connectivity index (χ0v) is 9.29. The Morgan fingerprint density at radius 2 is 2.08 bits per heavy atom. The van der Waals surface area contributed by atoms with Gasteiger partial charge in [0.2, 0.25) is 0 Å². The second-order valence-corrected chi connectivity index (χ2v) is 4.78. The maximum atomic E-state index is 13.2. The number of halogens is 4. The van der Waals surface area contributed by atoms with Crippen LogP contribution in [0, 0.1) is 11.6 Å². The van der Waals surface area contributed by atoms with Crippen molar-refractivity contribution < 1.29 is 8.78 Å². The van der Waals surface area contributed by atoms with Crippen LogP contribution in [0.5, 0.6) is 0 Å². The lowest BCUT2D eigenvalue weighted by Gasteiger charge is -2.07. The molecule has 0 N–H and O–H groups in total. The van der Waals surface area contributed by atoms with Gasteiger partial charge in [0, 0.05) is 10.4 Å². The lowest BCUT2D eigenvalue weighted by atomic mass is 10.1. The molecular formula is C9H8BrClF2. The summed E-state index contributed by atoms with van der Waals surface area (Å²) >= 11 is 8.74. The molecule has 72 valence electrons. The molecule has 0 aliphatic rings. The predicted octanol–water partition coefficient (Wildman–Crippen LogP) is 3.94. The molecule has 0 radical (unpaired) electrons. The van der Waals surface area contributed by atoms with Gasteiger partial charge in [0.15, 0.2) is 0 Å². The Kier molecular flexibility index (Phi) is 3.68. The van der Waals surface area contributed by atoms with E-state index in [0.717, 1.165) is 0 Å². The third-order valence-electron chi connectivity index (χ3n) is 1.62. The van der Waals surface area contributed by atoms with E-state index in [0.29, 0.717) is 0 Å². The van der Waals surface area contributed by atoms with E-state index in [1.54, 1.807) is 0 Å². The summed E-state index contributed by atoms with van der Waals surface area (Å²) in [7, 11) is 0. The van der Waals surface area contributed by atoms with E-state index in [1.165, 1.54) is 12.1 Å². The molecule has 0 bridgehead atoms. The van der Waals surface area contributed by atoms with Gasteiger partial charge in [0.1, 0.15) is 11.6 Å². The molecule has 0 aromatic heterocycles. The molecule has 1 aromatic rings.